The van der Waals surface area contributed by atoms with E-state index in [0.717, 1.165) is 43.9 Å². The van der Waals surface area contributed by atoms with Crippen molar-refractivity contribution in [3.05, 3.63) is 114 Å². The van der Waals surface area contributed by atoms with Crippen LogP contribution in [0.25, 0.3) is 42.7 Å². The summed E-state index contributed by atoms with van der Waals surface area (Å²) in [4.78, 5) is 9.00. The molecule has 8 heteroatoms. The van der Waals surface area contributed by atoms with Gasteiger partial charge in [-0.1, -0.05) is 36.9 Å². The van der Waals surface area contributed by atoms with Crippen LogP contribution in [-0.2, 0) is 26.3 Å². The van der Waals surface area contributed by atoms with E-state index in [2.05, 4.69) is 64.6 Å². The van der Waals surface area contributed by atoms with Crippen molar-refractivity contribution in [1.29, 1.82) is 0 Å². The first-order valence-electron chi connectivity index (χ1n) is 14.5. The summed E-state index contributed by atoms with van der Waals surface area (Å²) in [6, 6.07) is 27.7. The molecule has 0 bridgehead atoms. The molecule has 0 saturated carbocycles. The molecule has 0 N–H and O–H groups in total. The van der Waals surface area contributed by atoms with Gasteiger partial charge in [-0.15, -0.1) is 23.8 Å². The minimum absolute atomic E-state index is 0. The molecule has 0 aliphatic heterocycles. The van der Waals surface area contributed by atoms with Gasteiger partial charge in [0.25, 0.3) is 0 Å². The second kappa shape index (κ2) is 13.7. The normalized spacial score (nSPS) is 12.3. The van der Waals surface area contributed by atoms with E-state index < -0.39 is 30.9 Å². The number of halogens is 3. The molecule has 0 amide bonds. The molecule has 3 aromatic carbocycles. The van der Waals surface area contributed by atoms with Crippen LogP contribution in [0.5, 0.6) is 0 Å². The summed E-state index contributed by atoms with van der Waals surface area (Å²) in [7, 11) is 0. The predicted molar refractivity (Wildman–Crippen MR) is 177 cm³/mol. The zero-order valence-electron chi connectivity index (χ0n) is 26.4. The standard InChI is InChI=1S/C21H15F3NS.C15H18GeN.Ir/c1-12(2)13-8-9-25-18(10-13)17-5-3-4-16-15-7-6-14(21(22,23)24)11-19(15)26-20(16)17;1-12-10-15(13-8-6-5-7-9-13)17-11-14(12)16(2,3)4;/h3-4,6-12H,1-2H3;5-8,10-11H,1-4H3;/q2*-1;/i12D;;. The quantitative estimate of drug-likeness (QED) is 0.130. The van der Waals surface area contributed by atoms with Crippen molar-refractivity contribution in [3.63, 3.8) is 0 Å². The molecule has 0 fully saturated rings. The van der Waals surface area contributed by atoms with Crippen LogP contribution in [0.1, 0.15) is 37.8 Å². The number of pyridine rings is 2. The largest absolute Gasteiger partial charge is 0.416 e. The molecular weight excluding hydrogens is 814 g/mol. The second-order valence-electron chi connectivity index (χ2n) is 11.7. The Balaban J connectivity index is 0.000000222. The maximum Gasteiger partial charge on any atom is 0.416 e. The molecule has 229 valence electrons. The van der Waals surface area contributed by atoms with Gasteiger partial charge in [0, 0.05) is 32.4 Å². The first kappa shape index (κ1) is 32.6. The van der Waals surface area contributed by atoms with Crippen LogP contribution < -0.4 is 4.40 Å². The number of hydrogen-bond donors (Lipinski definition) is 0. The van der Waals surface area contributed by atoms with E-state index in [1.807, 2.05) is 30.3 Å². The van der Waals surface area contributed by atoms with E-state index >= 15 is 0 Å². The fourth-order valence-corrected chi connectivity index (χ4v) is 9.86. The molecule has 0 aliphatic rings. The van der Waals surface area contributed by atoms with Gasteiger partial charge in [-0.3, -0.25) is 0 Å². The third-order valence-corrected chi connectivity index (χ3v) is 12.9. The molecule has 0 atom stereocenters. The van der Waals surface area contributed by atoms with Crippen molar-refractivity contribution in [2.45, 2.75) is 50.1 Å². The Bertz CT molecular complexity index is 1940. The summed E-state index contributed by atoms with van der Waals surface area (Å²) in [5.41, 5.74) is 5.05. The Morgan fingerprint density at radius 2 is 1.66 bits per heavy atom. The third kappa shape index (κ3) is 7.51. The van der Waals surface area contributed by atoms with E-state index in [4.69, 9.17) is 1.37 Å². The molecule has 1 radical (unpaired) electrons. The van der Waals surface area contributed by atoms with Gasteiger partial charge in [0.05, 0.1) is 5.56 Å². The summed E-state index contributed by atoms with van der Waals surface area (Å²) < 4.78 is 50.3. The molecule has 3 aromatic heterocycles. The molecule has 44 heavy (non-hydrogen) atoms. The Morgan fingerprint density at radius 1 is 0.886 bits per heavy atom. The van der Waals surface area contributed by atoms with Crippen molar-refractivity contribution < 1.29 is 34.6 Å². The number of nitrogens with zero attached hydrogens (tertiary/aromatic N) is 2. The van der Waals surface area contributed by atoms with E-state index in [-0.39, 0.29) is 20.1 Å². The van der Waals surface area contributed by atoms with Crippen molar-refractivity contribution in [2.24, 2.45) is 0 Å². The van der Waals surface area contributed by atoms with Crippen LogP contribution in [0.4, 0.5) is 13.2 Å². The topological polar surface area (TPSA) is 25.8 Å². The Kier molecular flexibility index (Phi) is 10.1. The van der Waals surface area contributed by atoms with E-state index in [1.54, 1.807) is 32.2 Å². The van der Waals surface area contributed by atoms with Crippen LogP contribution in [0, 0.1) is 19.1 Å². The molecular formula is C36H33F3GeIrN2S-2. The molecule has 0 saturated heterocycles. The van der Waals surface area contributed by atoms with E-state index in [1.165, 1.54) is 33.4 Å². The van der Waals surface area contributed by atoms with Crippen LogP contribution in [0.3, 0.4) is 0 Å². The number of rotatable bonds is 4. The number of alkyl halides is 3. The van der Waals surface area contributed by atoms with Crippen LogP contribution in [-0.4, -0.2) is 23.2 Å². The van der Waals surface area contributed by atoms with E-state index in [9.17, 15) is 13.2 Å². The van der Waals surface area contributed by atoms with Gasteiger partial charge >= 0.3 is 112 Å². The molecule has 0 unspecified atom stereocenters. The molecule has 6 rings (SSSR count). The molecule has 2 nitrogen and oxygen atoms in total. The SMILES string of the molecule is Cc1cc(-c2[c-]cccc2)nc[c]1[Ge]([CH3])([CH3])[CH3].[2H]C(C)(C)c1ccnc(-c2[c-]ccc3c2sc2cc(C(F)(F)F)ccc23)c1.[Ir]. The minimum Gasteiger partial charge on any atom is -0.305 e. The predicted octanol–water partition coefficient (Wildman–Crippen LogP) is 10.5. The number of fused-ring (bicyclic) bond motifs is 3. The fraction of sp³-hybridized carbons (Fsp3) is 0.222. The summed E-state index contributed by atoms with van der Waals surface area (Å²) in [5.74, 6) is 6.43. The fourth-order valence-electron chi connectivity index (χ4n) is 5.03. The van der Waals surface area contributed by atoms with Crippen molar-refractivity contribution in [2.75, 3.05) is 0 Å². The first-order valence-corrected chi connectivity index (χ1v) is 22.1. The van der Waals surface area contributed by atoms with Gasteiger partial charge in [0.15, 0.2) is 0 Å². The maximum absolute atomic E-state index is 13.0. The Morgan fingerprint density at radius 3 is 2.30 bits per heavy atom. The van der Waals surface area contributed by atoms with Crippen molar-refractivity contribution in [3.8, 4) is 22.5 Å². The van der Waals surface area contributed by atoms with Gasteiger partial charge in [-0.05, 0) is 39.9 Å². The van der Waals surface area contributed by atoms with Crippen LogP contribution in [0.2, 0.25) is 17.3 Å². The summed E-state index contributed by atoms with van der Waals surface area (Å²) in [6.07, 6.45) is -0.636. The van der Waals surface area contributed by atoms with Crippen molar-refractivity contribution in [1.82, 2.24) is 9.97 Å². The van der Waals surface area contributed by atoms with E-state index in [0.29, 0.717) is 10.4 Å². The third-order valence-electron chi connectivity index (χ3n) is 7.26. The van der Waals surface area contributed by atoms with Gasteiger partial charge in [0.1, 0.15) is 0 Å². The average Bonchev–Trinajstić information content (AvgIpc) is 3.35. The van der Waals surface area contributed by atoms with Gasteiger partial charge < -0.3 is 4.98 Å². The summed E-state index contributed by atoms with van der Waals surface area (Å²) >= 11 is -0.464. The van der Waals surface area contributed by atoms with Crippen LogP contribution >= 0.6 is 11.3 Å². The smallest absolute Gasteiger partial charge is 0.305 e. The number of aryl methyl sites for hydroxylation is 1. The molecule has 0 spiro atoms. The van der Waals surface area contributed by atoms with Gasteiger partial charge in [-0.25, -0.2) is 0 Å². The summed E-state index contributed by atoms with van der Waals surface area (Å²) in [5, 5.41) is 1.67. The average molecular weight is 849 g/mol. The number of aromatic nitrogens is 2. The molecule has 0 aliphatic carbocycles. The zero-order valence-corrected chi connectivity index (χ0v) is 30.7. The number of benzene rings is 3. The molecule has 6 aromatic rings. The van der Waals surface area contributed by atoms with Crippen molar-refractivity contribution >= 4 is 49.2 Å². The Labute approximate surface area is 278 Å². The number of thiophene rings is 1. The second-order valence-corrected chi connectivity index (χ2v) is 23.4. The summed E-state index contributed by atoms with van der Waals surface area (Å²) in [6.45, 7) is 5.79. The monoisotopic (exact) mass is 850 g/mol. The maximum atomic E-state index is 13.0. The minimum atomic E-state index is -4.37. The van der Waals surface area contributed by atoms with Gasteiger partial charge in [-0.2, -0.15) is 24.5 Å². The zero-order chi connectivity index (χ0) is 31.9. The Hall–Kier alpha value is -2.84. The van der Waals surface area contributed by atoms with Gasteiger partial charge in [0.2, 0.25) is 0 Å². The first-order chi connectivity index (χ1) is 20.6. The number of hydrogen-bond acceptors (Lipinski definition) is 3. The van der Waals surface area contributed by atoms with Crippen LogP contribution in [0.15, 0.2) is 85.2 Å². The molecule has 3 heterocycles.